The number of fused-ring (bicyclic) bond motifs is 2. The Bertz CT molecular complexity index is 1250. The Labute approximate surface area is 196 Å². The summed E-state index contributed by atoms with van der Waals surface area (Å²) in [5, 5.41) is 10.4. The van der Waals surface area contributed by atoms with E-state index >= 15 is 0 Å². The second kappa shape index (κ2) is 8.71. The van der Waals surface area contributed by atoms with E-state index in [-0.39, 0.29) is 18.4 Å². The highest BCUT2D eigenvalue weighted by Gasteiger charge is 2.29. The summed E-state index contributed by atoms with van der Waals surface area (Å²) in [4.78, 5) is 14.8. The number of halogens is 1. The summed E-state index contributed by atoms with van der Waals surface area (Å²) in [7, 11) is 1.49. The second-order valence-corrected chi connectivity index (χ2v) is 8.34. The maximum atomic E-state index is 13.0. The first-order chi connectivity index (χ1) is 16.0. The van der Waals surface area contributed by atoms with Crippen molar-refractivity contribution in [3.63, 3.8) is 0 Å². The van der Waals surface area contributed by atoms with Crippen molar-refractivity contribution in [3.05, 3.63) is 76.3 Å². The molecule has 0 saturated heterocycles. The van der Waals surface area contributed by atoms with E-state index in [1.54, 1.807) is 30.4 Å². The van der Waals surface area contributed by atoms with Crippen LogP contribution >= 0.6 is 11.6 Å². The molecule has 2 aliphatic heterocycles. The van der Waals surface area contributed by atoms with Crippen LogP contribution < -0.4 is 14.2 Å². The lowest BCUT2D eigenvalue weighted by Crippen LogP contribution is -2.35. The quantitative estimate of drug-likeness (QED) is 0.548. The van der Waals surface area contributed by atoms with Gasteiger partial charge in [0.15, 0.2) is 23.0 Å². The smallest absolute Gasteiger partial charge is 0.246 e. The molecular formula is C26H22ClNO5. The molecule has 168 valence electrons. The molecule has 33 heavy (non-hydrogen) atoms. The summed E-state index contributed by atoms with van der Waals surface area (Å²) < 4.78 is 16.6. The van der Waals surface area contributed by atoms with E-state index in [9.17, 15) is 9.90 Å². The van der Waals surface area contributed by atoms with Crippen molar-refractivity contribution in [1.82, 2.24) is 4.90 Å². The van der Waals surface area contributed by atoms with Gasteiger partial charge in [0.2, 0.25) is 12.7 Å². The third-order valence-corrected chi connectivity index (χ3v) is 6.18. The first-order valence-corrected chi connectivity index (χ1v) is 11.0. The van der Waals surface area contributed by atoms with Crippen LogP contribution in [0.15, 0.2) is 54.6 Å². The number of aromatic hydroxyl groups is 1. The molecular weight excluding hydrogens is 442 g/mol. The fraction of sp³-hybridized carbons (Fsp3) is 0.192. The van der Waals surface area contributed by atoms with Gasteiger partial charge in [0, 0.05) is 29.8 Å². The van der Waals surface area contributed by atoms with Gasteiger partial charge in [-0.1, -0.05) is 29.8 Å². The number of methoxy groups -OCH3 is 1. The zero-order chi connectivity index (χ0) is 22.9. The monoisotopic (exact) mass is 463 g/mol. The van der Waals surface area contributed by atoms with Gasteiger partial charge in [0.05, 0.1) is 7.11 Å². The molecule has 2 aliphatic rings. The van der Waals surface area contributed by atoms with Crippen LogP contribution in [0.2, 0.25) is 5.02 Å². The van der Waals surface area contributed by atoms with Crippen LogP contribution in [0, 0.1) is 0 Å². The zero-order valence-corrected chi connectivity index (χ0v) is 18.8. The van der Waals surface area contributed by atoms with Gasteiger partial charge < -0.3 is 24.2 Å². The van der Waals surface area contributed by atoms with Crippen LogP contribution in [0.5, 0.6) is 23.0 Å². The number of carbonyl (C=O) groups excluding carboxylic acids is 1. The number of nitrogens with zero attached hydrogens (tertiary/aromatic N) is 1. The molecule has 0 unspecified atom stereocenters. The molecule has 0 radical (unpaired) electrons. The highest BCUT2D eigenvalue weighted by Crippen LogP contribution is 2.47. The van der Waals surface area contributed by atoms with Crippen LogP contribution in [-0.4, -0.2) is 36.4 Å². The molecule has 0 aliphatic carbocycles. The number of rotatable bonds is 4. The van der Waals surface area contributed by atoms with Crippen molar-refractivity contribution < 1.29 is 24.1 Å². The van der Waals surface area contributed by atoms with Gasteiger partial charge in [-0.05, 0) is 65.1 Å². The molecule has 0 atom stereocenters. The summed E-state index contributed by atoms with van der Waals surface area (Å²) in [5.41, 5.74) is 4.89. The predicted octanol–water partition coefficient (Wildman–Crippen LogP) is 5.05. The van der Waals surface area contributed by atoms with Crippen molar-refractivity contribution in [1.29, 1.82) is 0 Å². The van der Waals surface area contributed by atoms with Gasteiger partial charge in [-0.3, -0.25) is 4.79 Å². The molecule has 0 saturated carbocycles. The van der Waals surface area contributed by atoms with Gasteiger partial charge in [0.25, 0.3) is 0 Å². The van der Waals surface area contributed by atoms with Crippen molar-refractivity contribution >= 4 is 23.6 Å². The van der Waals surface area contributed by atoms with E-state index in [2.05, 4.69) is 0 Å². The van der Waals surface area contributed by atoms with Crippen LogP contribution in [0.4, 0.5) is 0 Å². The number of phenolic OH excluding ortho intramolecular Hbond substituents is 1. The summed E-state index contributed by atoms with van der Waals surface area (Å²) in [6.45, 7) is 1.25. The van der Waals surface area contributed by atoms with Crippen molar-refractivity contribution in [2.45, 2.75) is 13.0 Å². The third kappa shape index (κ3) is 4.10. The van der Waals surface area contributed by atoms with Crippen LogP contribution in [-0.2, 0) is 17.8 Å². The number of hydrogen-bond donors (Lipinski definition) is 1. The standard InChI is InChI=1S/C26H22ClNO5/c1-31-22-12-16(2-8-21(22)29)3-9-24(30)28-11-10-18-13-23-26(33-15-32-23)25(20(18)14-28)17-4-6-19(27)7-5-17/h2-9,12-13,29H,10-11,14-15H2,1H3/b9-3+. The van der Waals surface area contributed by atoms with E-state index in [0.29, 0.717) is 29.6 Å². The maximum absolute atomic E-state index is 13.0. The van der Waals surface area contributed by atoms with Crippen molar-refractivity contribution in [2.24, 2.45) is 0 Å². The Morgan fingerprint density at radius 1 is 1.15 bits per heavy atom. The van der Waals surface area contributed by atoms with E-state index in [1.165, 1.54) is 7.11 Å². The maximum Gasteiger partial charge on any atom is 0.246 e. The third-order valence-electron chi connectivity index (χ3n) is 5.93. The minimum Gasteiger partial charge on any atom is -0.504 e. The largest absolute Gasteiger partial charge is 0.504 e. The molecule has 7 heteroatoms. The van der Waals surface area contributed by atoms with Gasteiger partial charge in [-0.2, -0.15) is 0 Å². The zero-order valence-electron chi connectivity index (χ0n) is 18.0. The molecule has 3 aromatic rings. The number of ether oxygens (including phenoxy) is 3. The van der Waals surface area contributed by atoms with E-state index in [1.807, 2.05) is 35.2 Å². The highest BCUT2D eigenvalue weighted by molar-refractivity contribution is 6.30. The SMILES string of the molecule is COc1cc(/C=C/C(=O)N2CCc3cc4c(c(-c5ccc(Cl)cc5)c3C2)OCO4)ccc1O. The average molecular weight is 464 g/mol. The summed E-state index contributed by atoms with van der Waals surface area (Å²) in [6.07, 6.45) is 3.99. The Hall–Kier alpha value is -3.64. The van der Waals surface area contributed by atoms with Crippen molar-refractivity contribution in [3.8, 4) is 34.1 Å². The molecule has 2 heterocycles. The summed E-state index contributed by atoms with van der Waals surface area (Å²) >= 11 is 6.10. The molecule has 3 aromatic carbocycles. The van der Waals surface area contributed by atoms with Gasteiger partial charge >= 0.3 is 0 Å². The fourth-order valence-corrected chi connectivity index (χ4v) is 4.37. The van der Waals surface area contributed by atoms with E-state index in [0.717, 1.165) is 40.0 Å². The lowest BCUT2D eigenvalue weighted by atomic mass is 9.89. The number of carbonyl (C=O) groups is 1. The molecule has 6 nitrogen and oxygen atoms in total. The number of amides is 1. The number of hydrogen-bond acceptors (Lipinski definition) is 5. The molecule has 0 spiro atoms. The highest BCUT2D eigenvalue weighted by atomic mass is 35.5. The lowest BCUT2D eigenvalue weighted by molar-refractivity contribution is -0.126. The first kappa shape index (κ1) is 21.2. The van der Waals surface area contributed by atoms with E-state index < -0.39 is 0 Å². The summed E-state index contributed by atoms with van der Waals surface area (Å²) in [6, 6.07) is 14.6. The van der Waals surface area contributed by atoms with Crippen LogP contribution in [0.3, 0.4) is 0 Å². The first-order valence-electron chi connectivity index (χ1n) is 10.6. The predicted molar refractivity (Wildman–Crippen MR) is 126 cm³/mol. The van der Waals surface area contributed by atoms with Crippen LogP contribution in [0.1, 0.15) is 16.7 Å². The topological polar surface area (TPSA) is 68.2 Å². The normalized spacial score (nSPS) is 14.4. The Balaban J connectivity index is 1.44. The Kier molecular flexibility index (Phi) is 5.60. The molecule has 0 aromatic heterocycles. The minimum atomic E-state index is -0.0904. The minimum absolute atomic E-state index is 0.0575. The second-order valence-electron chi connectivity index (χ2n) is 7.90. The Morgan fingerprint density at radius 3 is 2.76 bits per heavy atom. The Morgan fingerprint density at radius 2 is 1.97 bits per heavy atom. The van der Waals surface area contributed by atoms with E-state index in [4.69, 9.17) is 25.8 Å². The average Bonchev–Trinajstić information content (AvgIpc) is 3.30. The van der Waals surface area contributed by atoms with Gasteiger partial charge in [0.1, 0.15) is 0 Å². The summed E-state index contributed by atoms with van der Waals surface area (Å²) in [5.74, 6) is 1.77. The number of phenols is 1. The van der Waals surface area contributed by atoms with Crippen molar-refractivity contribution in [2.75, 3.05) is 20.4 Å². The molecule has 0 bridgehead atoms. The van der Waals surface area contributed by atoms with Crippen LogP contribution in [0.25, 0.3) is 17.2 Å². The molecule has 5 rings (SSSR count). The molecule has 1 amide bonds. The lowest BCUT2D eigenvalue weighted by Gasteiger charge is -2.30. The molecule has 1 N–H and O–H groups in total. The van der Waals surface area contributed by atoms with Gasteiger partial charge in [-0.25, -0.2) is 0 Å². The molecule has 0 fully saturated rings. The fourth-order valence-electron chi connectivity index (χ4n) is 4.24. The number of benzene rings is 3. The van der Waals surface area contributed by atoms with Gasteiger partial charge in [-0.15, -0.1) is 0 Å².